The summed E-state index contributed by atoms with van der Waals surface area (Å²) in [6, 6.07) is 5.28. The van der Waals surface area contributed by atoms with Crippen molar-refractivity contribution in [2.75, 3.05) is 20.8 Å². The topological polar surface area (TPSA) is 71.3 Å². The first-order chi connectivity index (χ1) is 8.62. The van der Waals surface area contributed by atoms with Crippen LogP contribution in [-0.4, -0.2) is 26.7 Å². The zero-order valence-corrected chi connectivity index (χ0v) is 10.7. The Morgan fingerprint density at radius 2 is 1.94 bits per heavy atom. The summed E-state index contributed by atoms with van der Waals surface area (Å²) in [7, 11) is 3.17. The molecule has 0 radical (unpaired) electrons. The number of hydrogen-bond acceptors (Lipinski definition) is 4. The Morgan fingerprint density at radius 1 is 1.33 bits per heavy atom. The van der Waals surface area contributed by atoms with E-state index in [9.17, 15) is 4.79 Å². The zero-order valence-electron chi connectivity index (χ0n) is 10.7. The molecule has 0 atom stereocenters. The summed E-state index contributed by atoms with van der Waals surface area (Å²) in [5.41, 5.74) is 2.10. The van der Waals surface area contributed by atoms with Crippen LogP contribution in [0.25, 0.3) is 0 Å². The number of amides is 1. The van der Waals surface area contributed by atoms with Crippen LogP contribution in [0.3, 0.4) is 0 Å². The van der Waals surface area contributed by atoms with Crippen molar-refractivity contribution in [3.63, 3.8) is 0 Å². The predicted molar refractivity (Wildman–Crippen MR) is 66.6 cm³/mol. The van der Waals surface area contributed by atoms with Crippen molar-refractivity contribution in [1.29, 1.82) is 5.26 Å². The Morgan fingerprint density at radius 3 is 2.50 bits per heavy atom. The first-order valence-electron chi connectivity index (χ1n) is 5.51. The van der Waals surface area contributed by atoms with Crippen molar-refractivity contribution in [3.05, 3.63) is 23.3 Å². The standard InChI is InChI=1S/C13H16N2O3/c1-9-6-11(17-2)12(18-3)7-10(9)4-5-15-13(16)8-14/h6-7H,4-5H2,1-3H3,(H,15,16). The highest BCUT2D eigenvalue weighted by atomic mass is 16.5. The minimum atomic E-state index is -0.617. The van der Waals surface area contributed by atoms with E-state index in [1.54, 1.807) is 14.2 Å². The molecule has 1 aromatic rings. The molecule has 0 aliphatic heterocycles. The fraction of sp³-hybridized carbons (Fsp3) is 0.385. The third-order valence-electron chi connectivity index (χ3n) is 2.62. The number of benzene rings is 1. The zero-order chi connectivity index (χ0) is 13.5. The summed E-state index contributed by atoms with van der Waals surface area (Å²) >= 11 is 0. The Kier molecular flexibility index (Phi) is 5.00. The molecule has 0 bridgehead atoms. The predicted octanol–water partition coefficient (Wildman–Crippen LogP) is 1.19. The molecule has 5 nitrogen and oxygen atoms in total. The monoisotopic (exact) mass is 248 g/mol. The molecule has 18 heavy (non-hydrogen) atoms. The SMILES string of the molecule is COc1cc(C)c(CCNC(=O)C#N)cc1OC. The van der Waals surface area contributed by atoms with Crippen LogP contribution >= 0.6 is 0 Å². The van der Waals surface area contributed by atoms with E-state index in [2.05, 4.69) is 5.32 Å². The van der Waals surface area contributed by atoms with Gasteiger partial charge in [-0.3, -0.25) is 4.79 Å². The van der Waals surface area contributed by atoms with E-state index in [0.717, 1.165) is 11.1 Å². The van der Waals surface area contributed by atoms with Gasteiger partial charge in [0.25, 0.3) is 0 Å². The molecule has 0 aliphatic rings. The van der Waals surface area contributed by atoms with Gasteiger partial charge in [0, 0.05) is 6.54 Å². The van der Waals surface area contributed by atoms with Gasteiger partial charge in [-0.25, -0.2) is 0 Å². The quantitative estimate of drug-likeness (QED) is 0.795. The molecule has 0 unspecified atom stereocenters. The fourth-order valence-corrected chi connectivity index (χ4v) is 1.64. The first-order valence-corrected chi connectivity index (χ1v) is 5.51. The largest absolute Gasteiger partial charge is 0.493 e. The number of hydrogen-bond donors (Lipinski definition) is 1. The van der Waals surface area contributed by atoms with E-state index in [4.69, 9.17) is 14.7 Å². The van der Waals surface area contributed by atoms with Crippen LogP contribution < -0.4 is 14.8 Å². The van der Waals surface area contributed by atoms with Crippen LogP contribution in [0.15, 0.2) is 12.1 Å². The number of methoxy groups -OCH3 is 2. The van der Waals surface area contributed by atoms with Crippen LogP contribution in [0.4, 0.5) is 0 Å². The second-order valence-electron chi connectivity index (χ2n) is 3.75. The van der Waals surface area contributed by atoms with E-state index in [1.165, 1.54) is 6.07 Å². The Labute approximate surface area is 106 Å². The molecule has 0 saturated carbocycles. The summed E-state index contributed by atoms with van der Waals surface area (Å²) in [6.45, 7) is 2.38. The molecule has 0 fully saturated rings. The van der Waals surface area contributed by atoms with Gasteiger partial charge in [0.05, 0.1) is 14.2 Å². The summed E-state index contributed by atoms with van der Waals surface area (Å²) in [5.74, 6) is 0.720. The lowest BCUT2D eigenvalue weighted by Crippen LogP contribution is -2.23. The van der Waals surface area contributed by atoms with Gasteiger partial charge in [-0.2, -0.15) is 5.26 Å². The highest BCUT2D eigenvalue weighted by Crippen LogP contribution is 2.30. The van der Waals surface area contributed by atoms with Crippen LogP contribution in [0, 0.1) is 18.3 Å². The molecule has 5 heteroatoms. The molecule has 0 spiro atoms. The van der Waals surface area contributed by atoms with Gasteiger partial charge in [0.1, 0.15) is 0 Å². The highest BCUT2D eigenvalue weighted by Gasteiger charge is 2.08. The lowest BCUT2D eigenvalue weighted by Gasteiger charge is -2.12. The molecular formula is C13H16N2O3. The molecule has 1 amide bonds. The van der Waals surface area contributed by atoms with Gasteiger partial charge in [-0.05, 0) is 36.6 Å². The van der Waals surface area contributed by atoms with Crippen LogP contribution in [0.2, 0.25) is 0 Å². The van der Waals surface area contributed by atoms with Crippen molar-refractivity contribution in [2.24, 2.45) is 0 Å². The molecule has 0 heterocycles. The van der Waals surface area contributed by atoms with Gasteiger partial charge >= 0.3 is 5.91 Å². The summed E-state index contributed by atoms with van der Waals surface area (Å²) in [4.78, 5) is 10.8. The van der Waals surface area contributed by atoms with Crippen molar-refractivity contribution in [2.45, 2.75) is 13.3 Å². The maximum Gasteiger partial charge on any atom is 0.322 e. The minimum Gasteiger partial charge on any atom is -0.493 e. The van der Waals surface area contributed by atoms with Crippen LogP contribution in [0.1, 0.15) is 11.1 Å². The highest BCUT2D eigenvalue weighted by molar-refractivity contribution is 5.91. The molecule has 0 saturated heterocycles. The Balaban J connectivity index is 2.77. The minimum absolute atomic E-state index is 0.419. The smallest absolute Gasteiger partial charge is 0.322 e. The molecule has 1 rings (SSSR count). The molecule has 96 valence electrons. The van der Waals surface area contributed by atoms with Crippen molar-refractivity contribution in [1.82, 2.24) is 5.32 Å². The number of nitrogens with zero attached hydrogens (tertiary/aromatic N) is 1. The van der Waals surface area contributed by atoms with Gasteiger partial charge in [0.2, 0.25) is 0 Å². The van der Waals surface area contributed by atoms with E-state index in [0.29, 0.717) is 24.5 Å². The second-order valence-corrected chi connectivity index (χ2v) is 3.75. The number of nitriles is 1. The van der Waals surface area contributed by atoms with Crippen molar-refractivity contribution >= 4 is 5.91 Å². The molecule has 1 N–H and O–H groups in total. The second kappa shape index (κ2) is 6.50. The van der Waals surface area contributed by atoms with E-state index in [-0.39, 0.29) is 0 Å². The van der Waals surface area contributed by atoms with Gasteiger partial charge < -0.3 is 14.8 Å². The lowest BCUT2D eigenvalue weighted by atomic mass is 10.0. The molecule has 1 aromatic carbocycles. The number of nitrogens with one attached hydrogen (secondary N) is 1. The van der Waals surface area contributed by atoms with Crippen LogP contribution in [0.5, 0.6) is 11.5 Å². The number of ether oxygens (including phenoxy) is 2. The maximum atomic E-state index is 10.8. The number of aryl methyl sites for hydroxylation is 1. The number of carbonyl (C=O) groups excluding carboxylic acids is 1. The average Bonchev–Trinajstić information content (AvgIpc) is 2.39. The van der Waals surface area contributed by atoms with E-state index < -0.39 is 5.91 Å². The van der Waals surface area contributed by atoms with Gasteiger partial charge in [0.15, 0.2) is 17.6 Å². The number of rotatable bonds is 5. The molecule has 0 aliphatic carbocycles. The van der Waals surface area contributed by atoms with Crippen LogP contribution in [-0.2, 0) is 11.2 Å². The first kappa shape index (κ1) is 13.8. The van der Waals surface area contributed by atoms with Gasteiger partial charge in [-0.1, -0.05) is 0 Å². The summed E-state index contributed by atoms with van der Waals surface area (Å²) < 4.78 is 10.4. The number of carbonyl (C=O) groups is 1. The maximum absolute atomic E-state index is 10.8. The Hall–Kier alpha value is -2.22. The summed E-state index contributed by atoms with van der Waals surface area (Å²) in [6.07, 6.45) is 0.638. The lowest BCUT2D eigenvalue weighted by molar-refractivity contribution is -0.115. The fourth-order valence-electron chi connectivity index (χ4n) is 1.64. The average molecular weight is 248 g/mol. The third-order valence-corrected chi connectivity index (χ3v) is 2.62. The van der Waals surface area contributed by atoms with E-state index in [1.807, 2.05) is 19.1 Å². The Bertz CT molecular complexity index is 478. The normalized spacial score (nSPS) is 9.44. The van der Waals surface area contributed by atoms with Crippen molar-refractivity contribution < 1.29 is 14.3 Å². The van der Waals surface area contributed by atoms with Gasteiger partial charge in [-0.15, -0.1) is 0 Å². The summed E-state index contributed by atoms with van der Waals surface area (Å²) in [5, 5.41) is 10.8. The third kappa shape index (κ3) is 3.39. The molecule has 0 aromatic heterocycles. The van der Waals surface area contributed by atoms with E-state index >= 15 is 0 Å². The van der Waals surface area contributed by atoms with Crippen molar-refractivity contribution in [3.8, 4) is 17.6 Å². The molecular weight excluding hydrogens is 232 g/mol.